The lowest BCUT2D eigenvalue weighted by Gasteiger charge is -2.06. The van der Waals surface area contributed by atoms with Crippen molar-refractivity contribution >= 4 is 13.6 Å². The highest BCUT2D eigenvalue weighted by Gasteiger charge is 2.00. The van der Waals surface area contributed by atoms with Crippen LogP contribution in [0.4, 0.5) is 0 Å². The number of hydrogen-bond donors (Lipinski definition) is 0. The van der Waals surface area contributed by atoms with Crippen LogP contribution >= 0.6 is 0 Å². The molecule has 0 N–H and O–H groups in total. The van der Waals surface area contributed by atoms with Crippen molar-refractivity contribution in [2.45, 2.75) is 20.8 Å². The van der Waals surface area contributed by atoms with E-state index in [0.717, 1.165) is 16.7 Å². The molecule has 0 atom stereocenters. The zero-order chi connectivity index (χ0) is 11.3. The first-order valence-electron chi connectivity index (χ1n) is 4.35. The first-order valence-corrected chi connectivity index (χ1v) is 4.35. The topological polar surface area (TPSA) is 17.1 Å². The van der Waals surface area contributed by atoms with Gasteiger partial charge in [0.05, 0.1) is 0 Å². The summed E-state index contributed by atoms with van der Waals surface area (Å²) in [5.41, 5.74) is 3.08. The van der Waals surface area contributed by atoms with Crippen LogP contribution in [0.2, 0.25) is 0 Å². The molecule has 14 heavy (non-hydrogen) atoms. The number of rotatable bonds is 4. The Labute approximate surface area is 88.8 Å². The predicted molar refractivity (Wildman–Crippen MR) is 64.3 cm³/mol. The van der Waals surface area contributed by atoms with E-state index in [1.54, 1.807) is 12.2 Å². The molecule has 0 rings (SSSR count). The van der Waals surface area contributed by atoms with Crippen LogP contribution in [-0.2, 0) is 4.79 Å². The highest BCUT2D eigenvalue weighted by atomic mass is 16.1. The van der Waals surface area contributed by atoms with Crippen LogP contribution in [0.15, 0.2) is 47.5 Å². The lowest BCUT2D eigenvalue weighted by molar-refractivity contribution is -0.112. The maximum absolute atomic E-state index is 10.8. The molecule has 0 aromatic carbocycles. The summed E-state index contributed by atoms with van der Waals surface area (Å²) >= 11 is 0. The minimum Gasteiger partial charge on any atom is -0.295 e. The Morgan fingerprint density at radius 1 is 1.14 bits per heavy atom. The molecule has 0 aromatic rings. The molecule has 0 saturated carbocycles. The molecule has 0 bridgehead atoms. The zero-order valence-corrected chi connectivity index (χ0v) is 9.05. The minimum atomic E-state index is 0. The Bertz CT molecular complexity index is 306. The van der Waals surface area contributed by atoms with E-state index < -0.39 is 0 Å². The molecule has 0 spiro atoms. The Hall–Kier alpha value is -1.31. The second kappa shape index (κ2) is 5.43. The van der Waals surface area contributed by atoms with Crippen molar-refractivity contribution < 1.29 is 6.22 Å². The van der Waals surface area contributed by atoms with Gasteiger partial charge < -0.3 is 0 Å². The predicted octanol–water partition coefficient (Wildman–Crippen LogP) is 2.95. The molecule has 0 aromatic heterocycles. The Balaban J connectivity index is 0. The van der Waals surface area contributed by atoms with Crippen LogP contribution in [0, 0.1) is 0 Å². The van der Waals surface area contributed by atoms with Crippen molar-refractivity contribution in [3.8, 4) is 0 Å². The highest BCUT2D eigenvalue weighted by Crippen LogP contribution is 2.17. The van der Waals surface area contributed by atoms with Crippen LogP contribution in [0.25, 0.3) is 0 Å². The van der Waals surface area contributed by atoms with Gasteiger partial charge >= 0.3 is 0 Å². The molecular weight excluding hydrogens is 171 g/mol. The van der Waals surface area contributed by atoms with Gasteiger partial charge in [-0.3, -0.25) is 4.79 Å². The Morgan fingerprint density at radius 2 is 1.57 bits per heavy atom. The summed E-state index contributed by atoms with van der Waals surface area (Å²) in [5, 5.41) is 0. The van der Waals surface area contributed by atoms with Crippen molar-refractivity contribution in [2.24, 2.45) is 0 Å². The first-order chi connectivity index (χ1) is 6.34. The quantitative estimate of drug-likeness (QED) is 0.376. The largest absolute Gasteiger partial charge is 0.295 e. The first kappa shape index (κ1) is 12.7. The Morgan fingerprint density at radius 3 is 1.93 bits per heavy atom. The van der Waals surface area contributed by atoms with Gasteiger partial charge in [-0.2, -0.15) is 0 Å². The van der Waals surface area contributed by atoms with E-state index in [1.165, 1.54) is 6.92 Å². The van der Waals surface area contributed by atoms with Gasteiger partial charge in [0.25, 0.3) is 0 Å². The van der Waals surface area contributed by atoms with E-state index >= 15 is 0 Å². The van der Waals surface area contributed by atoms with Crippen molar-refractivity contribution in [3.05, 3.63) is 47.5 Å². The van der Waals surface area contributed by atoms with Crippen molar-refractivity contribution in [1.29, 1.82) is 0 Å². The van der Waals surface area contributed by atoms with E-state index in [2.05, 4.69) is 13.2 Å². The molecule has 2 radical (unpaired) electrons. The fraction of sp³-hybridized carbons (Fsp3) is 0.250. The third kappa shape index (κ3) is 4.66. The average molecular weight is 188 g/mol. The SMILES string of the molecule is [B]C(=C)/C=C(/C)C(=C)/C(C)=C\C(C)=O.[HH]. The van der Waals surface area contributed by atoms with Crippen LogP contribution in [-0.4, -0.2) is 13.6 Å². The monoisotopic (exact) mass is 188 g/mol. The van der Waals surface area contributed by atoms with E-state index in [1.807, 2.05) is 13.8 Å². The summed E-state index contributed by atoms with van der Waals surface area (Å²) in [4.78, 5) is 10.8. The lowest BCUT2D eigenvalue weighted by Crippen LogP contribution is -1.91. The van der Waals surface area contributed by atoms with Gasteiger partial charge in [0.1, 0.15) is 7.85 Å². The van der Waals surface area contributed by atoms with Gasteiger partial charge in [0, 0.05) is 1.43 Å². The highest BCUT2D eigenvalue weighted by molar-refractivity contribution is 6.23. The summed E-state index contributed by atoms with van der Waals surface area (Å²) in [6.07, 6.45) is 3.29. The lowest BCUT2D eigenvalue weighted by atomic mass is 9.92. The van der Waals surface area contributed by atoms with E-state index in [-0.39, 0.29) is 7.21 Å². The van der Waals surface area contributed by atoms with Crippen LogP contribution in [0.5, 0.6) is 0 Å². The molecule has 0 fully saturated rings. The number of allylic oxidation sites excluding steroid dienone is 6. The van der Waals surface area contributed by atoms with Gasteiger partial charge in [-0.05, 0) is 43.6 Å². The van der Waals surface area contributed by atoms with Crippen LogP contribution in [0.1, 0.15) is 22.2 Å². The zero-order valence-electron chi connectivity index (χ0n) is 9.05. The van der Waals surface area contributed by atoms with Gasteiger partial charge in [0.15, 0.2) is 5.78 Å². The van der Waals surface area contributed by atoms with Gasteiger partial charge in [-0.1, -0.05) is 12.7 Å². The van der Waals surface area contributed by atoms with Gasteiger partial charge in [-0.15, -0.1) is 12.1 Å². The number of hydrogen-bond acceptors (Lipinski definition) is 1. The van der Waals surface area contributed by atoms with Crippen LogP contribution in [0.3, 0.4) is 0 Å². The van der Waals surface area contributed by atoms with Crippen molar-refractivity contribution in [3.63, 3.8) is 0 Å². The fourth-order valence-corrected chi connectivity index (χ4v) is 1.07. The van der Waals surface area contributed by atoms with Gasteiger partial charge in [0.2, 0.25) is 0 Å². The second-order valence-electron chi connectivity index (χ2n) is 3.32. The number of ketones is 1. The number of carbonyl (C=O) groups is 1. The molecule has 74 valence electrons. The van der Waals surface area contributed by atoms with E-state index in [0.29, 0.717) is 5.47 Å². The molecule has 0 amide bonds. The normalized spacial score (nSPS) is 12.5. The molecule has 1 nitrogen and oxygen atoms in total. The summed E-state index contributed by atoms with van der Waals surface area (Å²) < 4.78 is 0. The fourth-order valence-electron chi connectivity index (χ4n) is 1.07. The van der Waals surface area contributed by atoms with E-state index in [9.17, 15) is 4.79 Å². The summed E-state index contributed by atoms with van der Waals surface area (Å²) in [6, 6.07) is 0. The molecular formula is C12H17BO. The third-order valence-electron chi connectivity index (χ3n) is 1.77. The van der Waals surface area contributed by atoms with Crippen molar-refractivity contribution in [2.75, 3.05) is 0 Å². The summed E-state index contributed by atoms with van der Waals surface area (Å²) in [7, 11) is 5.43. The molecule has 0 aliphatic carbocycles. The van der Waals surface area contributed by atoms with Gasteiger partial charge in [-0.25, -0.2) is 0 Å². The van der Waals surface area contributed by atoms with E-state index in [4.69, 9.17) is 7.85 Å². The molecule has 0 heterocycles. The summed E-state index contributed by atoms with van der Waals surface area (Å²) in [6.45, 7) is 12.7. The smallest absolute Gasteiger partial charge is 0.152 e. The molecule has 0 saturated heterocycles. The number of carbonyl (C=O) groups excluding carboxylic acids is 1. The molecule has 0 aliphatic rings. The Kier molecular flexibility index (Phi) is 4.92. The maximum Gasteiger partial charge on any atom is 0.152 e. The molecule has 0 unspecified atom stereocenters. The molecule has 0 aliphatic heterocycles. The second-order valence-corrected chi connectivity index (χ2v) is 3.32. The average Bonchev–Trinajstić information content (AvgIpc) is 2.00. The standard InChI is InChI=1S/C12H15BO.H2/c1-8(6-10(3)13)12(5)9(2)7-11(4)14;/h6-7H,3,5H2,1-2,4H3;1H/b8-6-,9-7-;. The van der Waals surface area contributed by atoms with Crippen molar-refractivity contribution in [1.82, 2.24) is 0 Å². The van der Waals surface area contributed by atoms with Crippen LogP contribution < -0.4 is 0 Å². The minimum absolute atomic E-state index is 0. The summed E-state index contributed by atoms with van der Waals surface area (Å²) in [5.74, 6) is 0.0167. The third-order valence-corrected chi connectivity index (χ3v) is 1.77. The molecule has 2 heteroatoms. The maximum atomic E-state index is 10.8.